The fourth-order valence-corrected chi connectivity index (χ4v) is 6.12. The molecule has 12 nitrogen and oxygen atoms in total. The van der Waals surface area contributed by atoms with Crippen molar-refractivity contribution in [2.24, 2.45) is 12.8 Å². The quantitative estimate of drug-likeness (QED) is 0.371. The minimum absolute atomic E-state index is 0.0590. The van der Waals surface area contributed by atoms with E-state index >= 15 is 0 Å². The van der Waals surface area contributed by atoms with Crippen LogP contribution in [0, 0.1) is 0 Å². The van der Waals surface area contributed by atoms with Crippen LogP contribution in [0.4, 0.5) is 23.7 Å². The molecule has 45 heavy (non-hydrogen) atoms. The van der Waals surface area contributed by atoms with Crippen molar-refractivity contribution in [2.75, 3.05) is 31.5 Å². The fourth-order valence-electron chi connectivity index (χ4n) is 5.86. The Hall–Kier alpha value is -4.11. The molecular weight excluding hydrogens is 615 g/mol. The Bertz CT molecular complexity index is 1650. The van der Waals surface area contributed by atoms with Crippen LogP contribution in [-0.4, -0.2) is 84.7 Å². The Balaban J connectivity index is 1.08. The van der Waals surface area contributed by atoms with Crippen LogP contribution >= 0.6 is 11.6 Å². The first-order valence-corrected chi connectivity index (χ1v) is 15.0. The summed E-state index contributed by atoms with van der Waals surface area (Å²) >= 11 is 6.44. The number of imidazole rings is 1. The van der Waals surface area contributed by atoms with Crippen molar-refractivity contribution >= 4 is 35.1 Å². The van der Waals surface area contributed by atoms with Gasteiger partial charge in [0.15, 0.2) is 11.5 Å². The Morgan fingerprint density at radius 1 is 1.09 bits per heavy atom. The zero-order valence-electron chi connectivity index (χ0n) is 24.7. The molecule has 3 aliphatic rings. The van der Waals surface area contributed by atoms with Crippen molar-refractivity contribution in [3.63, 3.8) is 0 Å². The van der Waals surface area contributed by atoms with Crippen molar-refractivity contribution in [1.29, 1.82) is 0 Å². The Morgan fingerprint density at radius 2 is 1.76 bits per heavy atom. The van der Waals surface area contributed by atoms with Crippen molar-refractivity contribution in [1.82, 2.24) is 34.4 Å². The largest absolute Gasteiger partial charge is 0.435 e. The number of rotatable bonds is 6. The van der Waals surface area contributed by atoms with Crippen LogP contribution in [0.2, 0.25) is 5.02 Å². The molecule has 3 aromatic rings. The third-order valence-electron chi connectivity index (χ3n) is 8.45. The predicted octanol–water partition coefficient (Wildman–Crippen LogP) is 3.89. The van der Waals surface area contributed by atoms with Gasteiger partial charge in [0.05, 0.1) is 34.1 Å². The number of anilines is 1. The van der Waals surface area contributed by atoms with E-state index < -0.39 is 17.8 Å². The molecule has 6 rings (SSSR count). The average Bonchev–Trinajstić information content (AvgIpc) is 3.59. The molecule has 0 atom stereocenters. The molecule has 2 aliphatic carbocycles. The summed E-state index contributed by atoms with van der Waals surface area (Å²) in [4.78, 5) is 46.2. The third kappa shape index (κ3) is 6.36. The number of carbonyl (C=O) groups excluding carboxylic acids is 3. The summed E-state index contributed by atoms with van der Waals surface area (Å²) in [6.45, 7) is 3.35. The van der Waals surface area contributed by atoms with Gasteiger partial charge >= 0.3 is 12.2 Å². The van der Waals surface area contributed by atoms with E-state index in [1.165, 1.54) is 46.9 Å². The van der Waals surface area contributed by atoms with Crippen LogP contribution in [0.5, 0.6) is 0 Å². The Labute approximate surface area is 261 Å². The van der Waals surface area contributed by atoms with E-state index in [9.17, 15) is 27.6 Å². The molecule has 0 unspecified atom stereocenters. The van der Waals surface area contributed by atoms with E-state index in [0.717, 1.165) is 25.7 Å². The van der Waals surface area contributed by atoms with Crippen LogP contribution in [0.15, 0.2) is 30.6 Å². The van der Waals surface area contributed by atoms with Crippen molar-refractivity contribution < 1.29 is 27.6 Å². The number of piperazine rings is 1. The van der Waals surface area contributed by atoms with Crippen LogP contribution in [0.25, 0.3) is 11.3 Å². The molecule has 0 radical (unpaired) electrons. The van der Waals surface area contributed by atoms with Crippen molar-refractivity contribution in [2.45, 2.75) is 56.4 Å². The summed E-state index contributed by atoms with van der Waals surface area (Å²) in [7, 11) is 1.45. The molecule has 1 saturated heterocycles. The second-order valence-corrected chi connectivity index (χ2v) is 12.7. The second-order valence-electron chi connectivity index (χ2n) is 12.3. The highest BCUT2D eigenvalue weighted by molar-refractivity contribution is 6.34. The number of carbonyl (C=O) groups is 3. The number of nitrogens with zero attached hydrogens (tertiary/aromatic N) is 6. The molecule has 4 amide bonds. The van der Waals surface area contributed by atoms with E-state index in [-0.39, 0.29) is 62.9 Å². The predicted molar refractivity (Wildman–Crippen MR) is 159 cm³/mol. The molecule has 16 heteroatoms. The topological polar surface area (TPSA) is 143 Å². The number of halogens is 4. The SMILES string of the molecule is Cn1c(-c2cn(C3CC3)nc2C(F)(F)F)cnc1C(=O)Nc1ccc(C(=O)N2CCN(C(=O)NC3CC(C)(N)C3)CC2)c(Cl)c1. The molecule has 4 N–H and O–H groups in total. The van der Waals surface area contributed by atoms with E-state index in [0.29, 0.717) is 26.2 Å². The molecule has 1 aromatic carbocycles. The van der Waals surface area contributed by atoms with Gasteiger partial charge in [0.25, 0.3) is 11.8 Å². The van der Waals surface area contributed by atoms with Gasteiger partial charge in [-0.25, -0.2) is 9.78 Å². The second kappa shape index (κ2) is 11.4. The van der Waals surface area contributed by atoms with E-state index in [1.807, 2.05) is 6.92 Å². The number of hydrogen-bond acceptors (Lipinski definition) is 6. The van der Waals surface area contributed by atoms with E-state index in [4.69, 9.17) is 17.3 Å². The first kappa shape index (κ1) is 30.9. The van der Waals surface area contributed by atoms with Crippen LogP contribution in [0.1, 0.15) is 65.3 Å². The summed E-state index contributed by atoms with van der Waals surface area (Å²) < 4.78 is 43.8. The fraction of sp³-hybridized carbons (Fsp3) is 0.483. The lowest BCUT2D eigenvalue weighted by Crippen LogP contribution is -2.61. The normalized spacial score (nSPS) is 21.8. The number of hydrogen-bond donors (Lipinski definition) is 3. The standard InChI is InChI=1S/C29H33ClF3N9O3/c1-28(34)12-17(13-28)37-27(45)41-9-7-40(8-10-41)26(44)19-6-3-16(11-21(19)30)36-25(43)24-35-14-22(39(24)2)20-15-42(18-4-5-18)38-23(20)29(31,32)33/h3,6,11,14-15,17-18H,4-5,7-10,12-13,34H2,1-2H3,(H,36,43)(H,37,45). The first-order chi connectivity index (χ1) is 21.2. The van der Waals surface area contributed by atoms with Gasteiger partial charge in [-0.2, -0.15) is 18.3 Å². The van der Waals surface area contributed by atoms with Gasteiger partial charge in [0.1, 0.15) is 0 Å². The number of aromatic nitrogens is 4. The average molecular weight is 648 g/mol. The molecule has 2 aromatic heterocycles. The Morgan fingerprint density at radius 3 is 2.36 bits per heavy atom. The van der Waals surface area contributed by atoms with Crippen LogP contribution in [0.3, 0.4) is 0 Å². The summed E-state index contributed by atoms with van der Waals surface area (Å²) in [6.07, 6.45) is 0.846. The molecule has 1 aliphatic heterocycles. The van der Waals surface area contributed by atoms with Gasteiger partial charge in [0, 0.05) is 56.7 Å². The first-order valence-electron chi connectivity index (χ1n) is 14.6. The van der Waals surface area contributed by atoms with Crippen LogP contribution in [-0.2, 0) is 13.2 Å². The van der Waals surface area contributed by atoms with Gasteiger partial charge in [-0.05, 0) is 50.8 Å². The van der Waals surface area contributed by atoms with Crippen molar-refractivity contribution in [3.05, 3.63) is 52.7 Å². The Kier molecular flexibility index (Phi) is 7.80. The number of urea groups is 1. The zero-order valence-corrected chi connectivity index (χ0v) is 25.5. The molecule has 3 fully saturated rings. The monoisotopic (exact) mass is 647 g/mol. The lowest BCUT2D eigenvalue weighted by Gasteiger charge is -2.43. The third-order valence-corrected chi connectivity index (χ3v) is 8.77. The van der Waals surface area contributed by atoms with E-state index in [1.54, 1.807) is 9.80 Å². The van der Waals surface area contributed by atoms with Gasteiger partial charge in [-0.15, -0.1) is 0 Å². The maximum Gasteiger partial charge on any atom is 0.435 e. The maximum absolute atomic E-state index is 13.7. The lowest BCUT2D eigenvalue weighted by atomic mass is 9.75. The molecule has 240 valence electrons. The van der Waals surface area contributed by atoms with Crippen molar-refractivity contribution in [3.8, 4) is 11.3 Å². The van der Waals surface area contributed by atoms with Gasteiger partial charge < -0.3 is 30.7 Å². The highest BCUT2D eigenvalue weighted by Gasteiger charge is 2.41. The van der Waals surface area contributed by atoms with Gasteiger partial charge in [-0.1, -0.05) is 11.6 Å². The highest BCUT2D eigenvalue weighted by Crippen LogP contribution is 2.41. The summed E-state index contributed by atoms with van der Waals surface area (Å²) in [6, 6.07) is 4.25. The number of nitrogens with two attached hydrogens (primary N) is 1. The minimum atomic E-state index is -4.68. The maximum atomic E-state index is 13.7. The zero-order chi connectivity index (χ0) is 32.3. The number of amides is 4. The minimum Gasteiger partial charge on any atom is -0.335 e. The number of nitrogens with one attached hydrogen (secondary N) is 2. The van der Waals surface area contributed by atoms with E-state index in [2.05, 4.69) is 20.7 Å². The highest BCUT2D eigenvalue weighted by atomic mass is 35.5. The summed E-state index contributed by atoms with van der Waals surface area (Å²) in [5.41, 5.74) is 5.19. The molecule has 2 saturated carbocycles. The summed E-state index contributed by atoms with van der Waals surface area (Å²) in [5, 5.41) is 9.49. The molecule has 0 spiro atoms. The molecular formula is C29H33ClF3N9O3. The molecule has 0 bridgehead atoms. The smallest absolute Gasteiger partial charge is 0.335 e. The summed E-state index contributed by atoms with van der Waals surface area (Å²) in [5.74, 6) is -1.10. The number of alkyl halides is 3. The number of benzene rings is 1. The van der Waals surface area contributed by atoms with Crippen LogP contribution < -0.4 is 16.4 Å². The molecule has 3 heterocycles. The lowest BCUT2D eigenvalue weighted by molar-refractivity contribution is -0.141. The van der Waals surface area contributed by atoms with Gasteiger partial charge in [-0.3, -0.25) is 14.3 Å². The van der Waals surface area contributed by atoms with Gasteiger partial charge in [0.2, 0.25) is 0 Å².